The van der Waals surface area contributed by atoms with Crippen LogP contribution in [0.2, 0.25) is 0 Å². The Bertz CT molecular complexity index is 392. The van der Waals surface area contributed by atoms with Crippen molar-refractivity contribution in [1.29, 1.82) is 0 Å². The molecule has 1 N–H and O–H groups in total. The largest absolute Gasteiger partial charge is 0.476 e. The van der Waals surface area contributed by atoms with E-state index >= 15 is 0 Å². The molecule has 1 aliphatic rings. The van der Waals surface area contributed by atoms with Crippen LogP contribution < -0.4 is 0 Å². The highest BCUT2D eigenvalue weighted by Gasteiger charge is 2.21. The van der Waals surface area contributed by atoms with Crippen LogP contribution in [0.25, 0.3) is 0 Å². The molecule has 0 amide bonds. The lowest BCUT2D eigenvalue weighted by Crippen LogP contribution is -2.32. The van der Waals surface area contributed by atoms with Gasteiger partial charge in [-0.15, -0.1) is 0 Å². The molecule has 5 heteroatoms. The van der Waals surface area contributed by atoms with E-state index in [1.807, 2.05) is 11.6 Å². The van der Waals surface area contributed by atoms with Gasteiger partial charge in [-0.05, 0) is 46.0 Å². The molecule has 16 heavy (non-hydrogen) atoms. The number of hydrogen-bond acceptors (Lipinski definition) is 3. The van der Waals surface area contributed by atoms with Gasteiger partial charge < -0.3 is 10.0 Å². The lowest BCUT2D eigenvalue weighted by molar-refractivity contribution is 0.0688. The third-order valence-electron chi connectivity index (χ3n) is 3.18. The number of aromatic carboxylic acids is 1. The molecule has 1 aromatic heterocycles. The Morgan fingerprint density at radius 2 is 2.12 bits per heavy atom. The number of nitrogens with zero attached hydrogens (tertiary/aromatic N) is 3. The second-order valence-corrected chi connectivity index (χ2v) is 4.46. The number of aryl methyl sites for hydroxylation is 1. The van der Waals surface area contributed by atoms with E-state index in [-0.39, 0.29) is 5.69 Å². The summed E-state index contributed by atoms with van der Waals surface area (Å²) in [6, 6.07) is 1.99. The van der Waals surface area contributed by atoms with Gasteiger partial charge in [0.1, 0.15) is 0 Å². The number of carboxylic acids is 1. The quantitative estimate of drug-likeness (QED) is 0.817. The van der Waals surface area contributed by atoms with Crippen LogP contribution in [0.3, 0.4) is 0 Å². The van der Waals surface area contributed by atoms with Crippen LogP contribution in [0.5, 0.6) is 0 Å². The fourth-order valence-electron chi connectivity index (χ4n) is 2.20. The van der Waals surface area contributed by atoms with Crippen LogP contribution in [0, 0.1) is 6.92 Å². The molecule has 1 fully saturated rings. The summed E-state index contributed by atoms with van der Waals surface area (Å²) in [5, 5.41) is 13.0. The molecule has 1 saturated heterocycles. The smallest absolute Gasteiger partial charge is 0.356 e. The van der Waals surface area contributed by atoms with Gasteiger partial charge in [0, 0.05) is 5.69 Å². The fourth-order valence-corrected chi connectivity index (χ4v) is 2.20. The Balaban J connectivity index is 2.17. The van der Waals surface area contributed by atoms with Gasteiger partial charge in [0.15, 0.2) is 5.69 Å². The Hall–Kier alpha value is -1.36. The molecule has 1 aromatic rings. The maximum absolute atomic E-state index is 10.8. The zero-order valence-corrected chi connectivity index (χ0v) is 9.68. The summed E-state index contributed by atoms with van der Waals surface area (Å²) < 4.78 is 1.87. The van der Waals surface area contributed by atoms with Gasteiger partial charge in [0.2, 0.25) is 0 Å². The molecule has 0 radical (unpaired) electrons. The zero-order valence-electron chi connectivity index (χ0n) is 9.68. The van der Waals surface area contributed by atoms with Crippen molar-refractivity contribution >= 4 is 5.97 Å². The summed E-state index contributed by atoms with van der Waals surface area (Å²) in [6.07, 6.45) is 2.08. The van der Waals surface area contributed by atoms with Gasteiger partial charge in [0.25, 0.3) is 0 Å². The molecule has 2 heterocycles. The van der Waals surface area contributed by atoms with E-state index in [1.165, 1.54) is 0 Å². The molecule has 0 aliphatic carbocycles. The summed E-state index contributed by atoms with van der Waals surface area (Å²) in [5.41, 5.74) is 1.09. The minimum Gasteiger partial charge on any atom is -0.476 e. The predicted molar refractivity (Wildman–Crippen MR) is 59.7 cm³/mol. The molecule has 2 rings (SSSR count). The average Bonchev–Trinajstić information content (AvgIpc) is 2.62. The summed E-state index contributed by atoms with van der Waals surface area (Å²) in [6.45, 7) is 4.01. The Kier molecular flexibility index (Phi) is 2.96. The first-order valence-electron chi connectivity index (χ1n) is 5.56. The molecule has 5 nitrogen and oxygen atoms in total. The van der Waals surface area contributed by atoms with Gasteiger partial charge in [-0.3, -0.25) is 4.68 Å². The van der Waals surface area contributed by atoms with Gasteiger partial charge in [-0.25, -0.2) is 4.79 Å². The van der Waals surface area contributed by atoms with Gasteiger partial charge >= 0.3 is 5.97 Å². The minimum absolute atomic E-state index is 0.149. The number of carboxylic acid groups (broad SMARTS) is 1. The molecule has 0 saturated carbocycles. The maximum atomic E-state index is 10.8. The normalized spacial score (nSPS) is 18.9. The summed E-state index contributed by atoms with van der Waals surface area (Å²) in [5.74, 6) is -0.949. The van der Waals surface area contributed by atoms with Crippen molar-refractivity contribution in [2.45, 2.75) is 25.8 Å². The van der Waals surface area contributed by atoms with Crippen molar-refractivity contribution < 1.29 is 9.90 Å². The molecule has 88 valence electrons. The lowest BCUT2D eigenvalue weighted by atomic mass is 10.1. The number of hydrogen-bond donors (Lipinski definition) is 1. The van der Waals surface area contributed by atoms with Crippen molar-refractivity contribution in [3.05, 3.63) is 17.5 Å². The topological polar surface area (TPSA) is 58.4 Å². The summed E-state index contributed by atoms with van der Waals surface area (Å²) >= 11 is 0. The molecule has 0 unspecified atom stereocenters. The fraction of sp³-hybridized carbons (Fsp3) is 0.636. The summed E-state index contributed by atoms with van der Waals surface area (Å²) in [4.78, 5) is 13.1. The minimum atomic E-state index is -0.949. The highest BCUT2D eigenvalue weighted by atomic mass is 16.4. The molecule has 0 atom stereocenters. The van der Waals surface area contributed by atoms with Crippen LogP contribution in [0.4, 0.5) is 0 Å². The molecule has 0 aromatic carbocycles. The predicted octanol–water partition coefficient (Wildman–Crippen LogP) is 1.16. The number of piperidine rings is 1. The highest BCUT2D eigenvalue weighted by molar-refractivity contribution is 5.85. The molecule has 1 aliphatic heterocycles. The Labute approximate surface area is 94.7 Å². The first-order valence-corrected chi connectivity index (χ1v) is 5.56. The Morgan fingerprint density at radius 1 is 1.50 bits per heavy atom. The van der Waals surface area contributed by atoms with Crippen molar-refractivity contribution in [3.63, 3.8) is 0 Å². The van der Waals surface area contributed by atoms with E-state index in [9.17, 15) is 4.79 Å². The second kappa shape index (κ2) is 4.25. The van der Waals surface area contributed by atoms with Gasteiger partial charge in [-0.1, -0.05) is 0 Å². The standard InChI is InChI=1S/C11H17N3O2/c1-8-7-10(11(15)16)12-14(8)9-3-5-13(2)6-4-9/h7,9H,3-6H2,1-2H3,(H,15,16). The van der Waals surface area contributed by atoms with Crippen molar-refractivity contribution in [3.8, 4) is 0 Å². The van der Waals surface area contributed by atoms with Crippen molar-refractivity contribution in [2.75, 3.05) is 20.1 Å². The SMILES string of the molecule is Cc1cc(C(=O)O)nn1C1CCN(C)CC1. The average molecular weight is 223 g/mol. The van der Waals surface area contributed by atoms with Crippen molar-refractivity contribution in [2.24, 2.45) is 0 Å². The monoisotopic (exact) mass is 223 g/mol. The molecular formula is C11H17N3O2. The van der Waals surface area contributed by atoms with Crippen molar-refractivity contribution in [1.82, 2.24) is 14.7 Å². The lowest BCUT2D eigenvalue weighted by Gasteiger charge is -2.29. The van der Waals surface area contributed by atoms with E-state index in [1.54, 1.807) is 6.07 Å². The van der Waals surface area contributed by atoms with E-state index < -0.39 is 5.97 Å². The van der Waals surface area contributed by atoms with E-state index in [0.29, 0.717) is 6.04 Å². The van der Waals surface area contributed by atoms with Gasteiger partial charge in [0.05, 0.1) is 6.04 Å². The summed E-state index contributed by atoms with van der Waals surface area (Å²) in [7, 11) is 2.11. The van der Waals surface area contributed by atoms with E-state index in [0.717, 1.165) is 31.6 Å². The second-order valence-electron chi connectivity index (χ2n) is 4.46. The number of rotatable bonds is 2. The van der Waals surface area contributed by atoms with E-state index in [4.69, 9.17) is 5.11 Å². The maximum Gasteiger partial charge on any atom is 0.356 e. The molecule has 0 bridgehead atoms. The molecular weight excluding hydrogens is 206 g/mol. The van der Waals surface area contributed by atoms with Crippen LogP contribution in [0.15, 0.2) is 6.07 Å². The highest BCUT2D eigenvalue weighted by Crippen LogP contribution is 2.22. The third kappa shape index (κ3) is 2.09. The zero-order chi connectivity index (χ0) is 11.7. The molecule has 0 spiro atoms. The van der Waals surface area contributed by atoms with E-state index in [2.05, 4.69) is 17.0 Å². The number of carbonyl (C=O) groups is 1. The third-order valence-corrected chi connectivity index (χ3v) is 3.18. The first-order chi connectivity index (χ1) is 7.58. The number of aromatic nitrogens is 2. The first kappa shape index (κ1) is 11.1. The van der Waals surface area contributed by atoms with Crippen LogP contribution in [-0.4, -0.2) is 45.9 Å². The number of likely N-dealkylation sites (tertiary alicyclic amines) is 1. The Morgan fingerprint density at radius 3 is 2.62 bits per heavy atom. The van der Waals surface area contributed by atoms with Crippen LogP contribution >= 0.6 is 0 Å². The van der Waals surface area contributed by atoms with Crippen LogP contribution in [0.1, 0.15) is 35.1 Å². The van der Waals surface area contributed by atoms with Gasteiger partial charge in [-0.2, -0.15) is 5.10 Å². The van der Waals surface area contributed by atoms with Crippen LogP contribution in [-0.2, 0) is 0 Å².